The van der Waals surface area contributed by atoms with E-state index in [2.05, 4.69) is 15.9 Å². The summed E-state index contributed by atoms with van der Waals surface area (Å²) in [5.41, 5.74) is -0.364. The lowest BCUT2D eigenvalue weighted by atomic mass is 9.83. The van der Waals surface area contributed by atoms with Crippen LogP contribution in [0.5, 0.6) is 0 Å². The number of rotatable bonds is 6. The Morgan fingerprint density at radius 3 is 2.46 bits per heavy atom. The highest BCUT2D eigenvalue weighted by Gasteiger charge is 2.42. The molecule has 1 spiro atoms. The van der Waals surface area contributed by atoms with Gasteiger partial charge in [-0.05, 0) is 40.8 Å². The van der Waals surface area contributed by atoms with Gasteiger partial charge in [0.25, 0.3) is 5.69 Å². The molecule has 1 aliphatic heterocycles. The van der Waals surface area contributed by atoms with E-state index in [1.807, 2.05) is 0 Å². The van der Waals surface area contributed by atoms with Gasteiger partial charge in [-0.1, -0.05) is 0 Å². The number of nitro groups is 1. The van der Waals surface area contributed by atoms with Crippen molar-refractivity contribution < 1.29 is 27.9 Å². The van der Waals surface area contributed by atoms with Crippen molar-refractivity contribution >= 4 is 43.4 Å². The van der Waals surface area contributed by atoms with Gasteiger partial charge in [-0.15, -0.1) is 11.8 Å². The highest BCUT2D eigenvalue weighted by atomic mass is 79.9. The molecular weight excluding hydrogens is 476 g/mol. The van der Waals surface area contributed by atoms with E-state index in [-0.39, 0.29) is 37.7 Å². The number of aliphatic hydroxyl groups is 1. The van der Waals surface area contributed by atoms with Gasteiger partial charge < -0.3 is 14.6 Å². The van der Waals surface area contributed by atoms with Crippen LogP contribution in [-0.4, -0.2) is 49.3 Å². The number of aliphatic hydroxyl groups excluding tert-OH is 1. The third kappa shape index (κ3) is 4.69. The lowest BCUT2D eigenvalue weighted by Crippen LogP contribution is -2.38. The number of hydrogen-bond acceptors (Lipinski definition) is 8. The molecule has 1 saturated carbocycles. The molecule has 1 saturated heterocycles. The van der Waals surface area contributed by atoms with Crippen LogP contribution in [0.3, 0.4) is 0 Å². The molecule has 0 bridgehead atoms. The van der Waals surface area contributed by atoms with E-state index < -0.39 is 20.7 Å². The highest BCUT2D eigenvalue weighted by Crippen LogP contribution is 2.46. The molecule has 156 valence electrons. The van der Waals surface area contributed by atoms with Crippen LogP contribution in [-0.2, 0) is 19.5 Å². The van der Waals surface area contributed by atoms with Gasteiger partial charge in [-0.2, -0.15) is 0 Å². The zero-order chi connectivity index (χ0) is 20.5. The van der Waals surface area contributed by atoms with Gasteiger partial charge in [0, 0.05) is 28.6 Å². The first-order chi connectivity index (χ1) is 13.1. The molecule has 3 N–H and O–H groups in total. The molecule has 0 radical (unpaired) electrons. The number of sulfonamides is 1. The molecule has 1 aliphatic carbocycles. The van der Waals surface area contributed by atoms with E-state index >= 15 is 0 Å². The quantitative estimate of drug-likeness (QED) is 0.347. The normalized spacial score (nSPS) is 21.1. The van der Waals surface area contributed by atoms with Crippen LogP contribution in [0.15, 0.2) is 26.4 Å². The van der Waals surface area contributed by atoms with E-state index in [4.69, 9.17) is 14.6 Å². The Morgan fingerprint density at radius 2 is 1.96 bits per heavy atom. The summed E-state index contributed by atoms with van der Waals surface area (Å²) in [6.45, 7) is 1.00. The molecule has 1 aromatic rings. The van der Waals surface area contributed by atoms with Gasteiger partial charge in [-0.3, -0.25) is 10.1 Å². The van der Waals surface area contributed by atoms with Crippen LogP contribution in [0.1, 0.15) is 25.7 Å². The van der Waals surface area contributed by atoms with E-state index in [0.717, 1.165) is 18.9 Å². The fraction of sp³-hybridized carbons (Fsp3) is 0.625. The Hall–Kier alpha value is -0.760. The summed E-state index contributed by atoms with van der Waals surface area (Å²) >= 11 is 4.39. The first-order valence-electron chi connectivity index (χ1n) is 8.71. The number of nitrogens with two attached hydrogens (primary N) is 1. The van der Waals surface area contributed by atoms with Crippen LogP contribution < -0.4 is 5.14 Å². The standard InChI is InChI=1S/C16H21BrN2O7S2/c17-12-7-11(28(18,23)24)8-13(19(21)22)15(12)27-14(9-20)10-1-3-16(4-2-10)25-5-6-26-16/h7-8,10,14,20H,1-6,9H2,(H2,18,23,24)/t14-/m1/s1. The third-order valence-electron chi connectivity index (χ3n) is 5.10. The van der Waals surface area contributed by atoms with Gasteiger partial charge in [0.1, 0.15) is 0 Å². The van der Waals surface area contributed by atoms with Crippen LogP contribution in [0.2, 0.25) is 0 Å². The zero-order valence-corrected chi connectivity index (χ0v) is 18.1. The van der Waals surface area contributed by atoms with Gasteiger partial charge >= 0.3 is 0 Å². The monoisotopic (exact) mass is 496 g/mol. The molecule has 1 heterocycles. The lowest BCUT2D eigenvalue weighted by molar-refractivity contribution is -0.388. The second kappa shape index (κ2) is 8.54. The van der Waals surface area contributed by atoms with Crippen molar-refractivity contribution in [2.45, 2.75) is 46.5 Å². The summed E-state index contributed by atoms with van der Waals surface area (Å²) in [6, 6.07) is 2.20. The summed E-state index contributed by atoms with van der Waals surface area (Å²) in [7, 11) is -4.09. The Kier molecular flexibility index (Phi) is 6.69. The molecule has 3 rings (SSSR count). The molecule has 9 nitrogen and oxygen atoms in total. The van der Waals surface area contributed by atoms with Crippen molar-refractivity contribution in [3.8, 4) is 0 Å². The van der Waals surface area contributed by atoms with Crippen LogP contribution in [0.25, 0.3) is 0 Å². The maximum absolute atomic E-state index is 11.6. The Morgan fingerprint density at radius 1 is 1.36 bits per heavy atom. The van der Waals surface area contributed by atoms with Crippen LogP contribution in [0, 0.1) is 16.0 Å². The van der Waals surface area contributed by atoms with E-state index in [9.17, 15) is 23.6 Å². The SMILES string of the molecule is NS(=O)(=O)c1cc(Br)c(S[C@H](CO)C2CCC3(CC2)OCCO3)c([N+](=O)[O-])c1. The predicted octanol–water partition coefficient (Wildman–Crippen LogP) is 2.39. The van der Waals surface area contributed by atoms with Crippen molar-refractivity contribution in [3.63, 3.8) is 0 Å². The molecule has 2 fully saturated rings. The van der Waals surface area contributed by atoms with Gasteiger partial charge in [0.05, 0.1) is 34.5 Å². The molecule has 2 aliphatic rings. The number of benzene rings is 1. The smallest absolute Gasteiger partial charge is 0.285 e. The molecular formula is C16H21BrN2O7S2. The summed E-state index contributed by atoms with van der Waals surface area (Å²) in [4.78, 5) is 10.8. The predicted molar refractivity (Wildman–Crippen MR) is 105 cm³/mol. The molecule has 0 aromatic heterocycles. The zero-order valence-electron chi connectivity index (χ0n) is 14.9. The number of hydrogen-bond donors (Lipinski definition) is 2. The second-order valence-electron chi connectivity index (χ2n) is 6.84. The van der Waals surface area contributed by atoms with E-state index in [1.165, 1.54) is 17.8 Å². The maximum Gasteiger partial charge on any atom is 0.285 e. The second-order valence-corrected chi connectivity index (χ2v) is 10.5. The number of thioether (sulfide) groups is 1. The van der Waals surface area contributed by atoms with Crippen LogP contribution in [0.4, 0.5) is 5.69 Å². The number of primary sulfonamides is 1. The van der Waals surface area contributed by atoms with Crippen molar-refractivity contribution in [3.05, 3.63) is 26.7 Å². The van der Waals surface area contributed by atoms with Crippen LogP contribution >= 0.6 is 27.7 Å². The largest absolute Gasteiger partial charge is 0.395 e. The first-order valence-corrected chi connectivity index (χ1v) is 11.9. The summed E-state index contributed by atoms with van der Waals surface area (Å²) in [5, 5.41) is 26.2. The number of nitro benzene ring substituents is 1. The Labute approximate surface area is 175 Å². The van der Waals surface area contributed by atoms with Gasteiger partial charge in [0.15, 0.2) is 5.79 Å². The minimum absolute atomic E-state index is 0.123. The summed E-state index contributed by atoms with van der Waals surface area (Å²) in [5.74, 6) is -0.400. The van der Waals surface area contributed by atoms with Gasteiger partial charge in [0.2, 0.25) is 10.0 Å². The lowest BCUT2D eigenvalue weighted by Gasteiger charge is -2.37. The fourth-order valence-corrected chi connectivity index (χ4v) is 6.35. The summed E-state index contributed by atoms with van der Waals surface area (Å²) < 4.78 is 34.9. The fourth-order valence-electron chi connectivity index (χ4n) is 3.64. The molecule has 1 atom stereocenters. The number of nitrogens with zero attached hydrogens (tertiary/aromatic N) is 1. The molecule has 0 amide bonds. The van der Waals surface area contributed by atoms with E-state index in [1.54, 1.807) is 0 Å². The van der Waals surface area contributed by atoms with Gasteiger partial charge in [-0.25, -0.2) is 13.6 Å². The van der Waals surface area contributed by atoms with Crippen molar-refractivity contribution in [1.29, 1.82) is 0 Å². The molecule has 28 heavy (non-hydrogen) atoms. The minimum atomic E-state index is -4.09. The molecule has 12 heteroatoms. The molecule has 0 unspecified atom stereocenters. The van der Waals surface area contributed by atoms with E-state index in [0.29, 0.717) is 26.1 Å². The molecule has 1 aromatic carbocycles. The summed E-state index contributed by atoms with van der Waals surface area (Å²) in [6.07, 6.45) is 2.95. The Bertz CT molecular complexity index is 849. The average molecular weight is 497 g/mol. The average Bonchev–Trinajstić information content (AvgIpc) is 3.08. The van der Waals surface area contributed by atoms with Crippen molar-refractivity contribution in [2.75, 3.05) is 19.8 Å². The maximum atomic E-state index is 11.6. The van der Waals surface area contributed by atoms with Crippen molar-refractivity contribution in [1.82, 2.24) is 0 Å². The van der Waals surface area contributed by atoms with Crippen molar-refractivity contribution in [2.24, 2.45) is 11.1 Å². The number of halogens is 1. The Balaban J connectivity index is 1.82. The third-order valence-corrected chi connectivity index (χ3v) is 8.39. The minimum Gasteiger partial charge on any atom is -0.395 e. The highest BCUT2D eigenvalue weighted by molar-refractivity contribution is 9.10. The first kappa shape index (κ1) is 21.9. The topological polar surface area (TPSA) is 142 Å². The number of ether oxygens (including phenoxy) is 2.